The quantitative estimate of drug-likeness (QED) is 0.883. The van der Waals surface area contributed by atoms with Gasteiger partial charge in [-0.25, -0.2) is 0 Å². The zero-order chi connectivity index (χ0) is 12.8. The number of rotatable bonds is 5. The minimum absolute atomic E-state index is 0.100. The Labute approximate surface area is 117 Å². The zero-order valence-electron chi connectivity index (χ0n) is 10.1. The van der Waals surface area contributed by atoms with Crippen LogP contribution in [0.1, 0.15) is 17.2 Å². The van der Waals surface area contributed by atoms with Crippen molar-refractivity contribution in [3.05, 3.63) is 70.7 Å². The lowest BCUT2D eigenvalue weighted by atomic mass is 10.1. The lowest BCUT2D eigenvalue weighted by Gasteiger charge is -2.11. The van der Waals surface area contributed by atoms with Gasteiger partial charge in [0.2, 0.25) is 0 Å². The highest BCUT2D eigenvalue weighted by molar-refractivity contribution is 7.98. The van der Waals surface area contributed by atoms with E-state index in [0.29, 0.717) is 0 Å². The molecule has 0 heterocycles. The summed E-state index contributed by atoms with van der Waals surface area (Å²) in [6.07, 6.45) is 0. The van der Waals surface area contributed by atoms with Gasteiger partial charge in [0.1, 0.15) is 0 Å². The average Bonchev–Trinajstić information content (AvgIpc) is 2.42. The Hall–Kier alpha value is -0.960. The van der Waals surface area contributed by atoms with Crippen molar-refractivity contribution in [1.29, 1.82) is 0 Å². The molecule has 0 radical (unpaired) electrons. The van der Waals surface area contributed by atoms with Crippen LogP contribution in [0, 0.1) is 0 Å². The Bertz CT molecular complexity index is 470. The second-order valence-corrected chi connectivity index (χ2v) is 5.63. The van der Waals surface area contributed by atoms with Crippen molar-refractivity contribution in [1.82, 2.24) is 0 Å². The number of thioether (sulfide) groups is 1. The fraction of sp³-hybridized carbons (Fsp3) is 0.200. The summed E-state index contributed by atoms with van der Waals surface area (Å²) in [7, 11) is 0. The molecule has 2 aromatic rings. The summed E-state index contributed by atoms with van der Waals surface area (Å²) < 4.78 is 0. The summed E-state index contributed by atoms with van der Waals surface area (Å²) in [6, 6.07) is 18.3. The number of benzene rings is 2. The van der Waals surface area contributed by atoms with Crippen LogP contribution in [0.2, 0.25) is 5.02 Å². The van der Waals surface area contributed by atoms with Gasteiger partial charge in [-0.1, -0.05) is 54.1 Å². The second kappa shape index (κ2) is 6.83. The molecule has 94 valence electrons. The van der Waals surface area contributed by atoms with E-state index in [2.05, 4.69) is 24.3 Å². The molecule has 0 bridgehead atoms. The minimum atomic E-state index is 0.100. The standard InChI is InChI=1S/C15H16ClNS/c16-14-8-6-12(7-9-14)10-18-11-15(17)13-4-2-1-3-5-13/h1-9,15H,10-11,17H2. The van der Waals surface area contributed by atoms with Crippen molar-refractivity contribution in [2.75, 3.05) is 5.75 Å². The minimum Gasteiger partial charge on any atom is -0.323 e. The number of halogens is 1. The van der Waals surface area contributed by atoms with E-state index in [9.17, 15) is 0 Å². The largest absolute Gasteiger partial charge is 0.323 e. The fourth-order valence-corrected chi connectivity index (χ4v) is 2.80. The third-order valence-electron chi connectivity index (χ3n) is 2.71. The monoisotopic (exact) mass is 277 g/mol. The smallest absolute Gasteiger partial charge is 0.0406 e. The molecule has 2 N–H and O–H groups in total. The first-order valence-corrected chi connectivity index (χ1v) is 7.41. The van der Waals surface area contributed by atoms with Crippen molar-refractivity contribution in [3.63, 3.8) is 0 Å². The van der Waals surface area contributed by atoms with Crippen LogP contribution in [0.3, 0.4) is 0 Å². The van der Waals surface area contributed by atoms with E-state index in [0.717, 1.165) is 16.5 Å². The maximum Gasteiger partial charge on any atom is 0.0406 e. The zero-order valence-corrected chi connectivity index (χ0v) is 11.6. The molecule has 1 atom stereocenters. The van der Waals surface area contributed by atoms with Gasteiger partial charge in [0.05, 0.1) is 0 Å². The van der Waals surface area contributed by atoms with E-state index in [-0.39, 0.29) is 6.04 Å². The summed E-state index contributed by atoms with van der Waals surface area (Å²) in [5.41, 5.74) is 8.62. The van der Waals surface area contributed by atoms with Gasteiger partial charge < -0.3 is 5.73 Å². The molecule has 18 heavy (non-hydrogen) atoms. The molecular formula is C15H16ClNS. The molecule has 1 unspecified atom stereocenters. The highest BCUT2D eigenvalue weighted by Gasteiger charge is 2.05. The van der Waals surface area contributed by atoms with Crippen LogP contribution in [0.15, 0.2) is 54.6 Å². The summed E-state index contributed by atoms with van der Waals surface area (Å²) >= 11 is 7.70. The predicted octanol–water partition coefficient (Wildman–Crippen LogP) is 4.27. The lowest BCUT2D eigenvalue weighted by Crippen LogP contribution is -2.12. The first-order valence-electron chi connectivity index (χ1n) is 5.88. The van der Waals surface area contributed by atoms with E-state index < -0.39 is 0 Å². The molecule has 0 amide bonds. The van der Waals surface area contributed by atoms with Crippen LogP contribution < -0.4 is 5.73 Å². The Balaban J connectivity index is 1.80. The molecule has 0 spiro atoms. The van der Waals surface area contributed by atoms with Gasteiger partial charge in [-0.15, -0.1) is 0 Å². The van der Waals surface area contributed by atoms with Crippen LogP contribution in [0.4, 0.5) is 0 Å². The van der Waals surface area contributed by atoms with E-state index in [1.165, 1.54) is 11.1 Å². The third-order valence-corrected chi connectivity index (χ3v) is 4.09. The van der Waals surface area contributed by atoms with Gasteiger partial charge in [-0.2, -0.15) is 11.8 Å². The second-order valence-electron chi connectivity index (χ2n) is 4.16. The molecule has 2 rings (SSSR count). The Morgan fingerprint density at radius 2 is 1.67 bits per heavy atom. The molecule has 0 aliphatic heterocycles. The van der Waals surface area contributed by atoms with Crippen molar-refractivity contribution in [3.8, 4) is 0 Å². The van der Waals surface area contributed by atoms with Gasteiger partial charge in [0.25, 0.3) is 0 Å². The number of hydrogen-bond donors (Lipinski definition) is 1. The van der Waals surface area contributed by atoms with E-state index >= 15 is 0 Å². The molecule has 0 aliphatic rings. The van der Waals surface area contributed by atoms with Crippen LogP contribution >= 0.6 is 23.4 Å². The van der Waals surface area contributed by atoms with Crippen LogP contribution in [0.25, 0.3) is 0 Å². The number of nitrogens with two attached hydrogens (primary N) is 1. The van der Waals surface area contributed by atoms with Crippen molar-refractivity contribution in [2.24, 2.45) is 5.73 Å². The normalized spacial score (nSPS) is 12.3. The SMILES string of the molecule is NC(CSCc1ccc(Cl)cc1)c1ccccc1. The fourth-order valence-electron chi connectivity index (χ4n) is 1.68. The highest BCUT2D eigenvalue weighted by atomic mass is 35.5. The first-order chi connectivity index (χ1) is 8.75. The maximum absolute atomic E-state index is 6.14. The molecule has 0 fully saturated rings. The molecule has 0 saturated heterocycles. The molecular weight excluding hydrogens is 262 g/mol. The van der Waals surface area contributed by atoms with Crippen LogP contribution in [-0.4, -0.2) is 5.75 Å². The Morgan fingerprint density at radius 1 is 1.00 bits per heavy atom. The summed E-state index contributed by atoms with van der Waals surface area (Å²) in [5, 5.41) is 0.782. The van der Waals surface area contributed by atoms with Crippen LogP contribution in [-0.2, 0) is 5.75 Å². The van der Waals surface area contributed by atoms with Crippen molar-refractivity contribution >= 4 is 23.4 Å². The first kappa shape index (κ1) is 13.5. The maximum atomic E-state index is 6.14. The van der Waals surface area contributed by atoms with Crippen LogP contribution in [0.5, 0.6) is 0 Å². The summed E-state index contributed by atoms with van der Waals surface area (Å²) in [4.78, 5) is 0. The average molecular weight is 278 g/mol. The van der Waals surface area contributed by atoms with Gasteiger partial charge in [-0.05, 0) is 23.3 Å². The van der Waals surface area contributed by atoms with E-state index in [1.54, 1.807) is 0 Å². The molecule has 0 aromatic heterocycles. The van der Waals surface area contributed by atoms with Crippen molar-refractivity contribution < 1.29 is 0 Å². The molecule has 3 heteroatoms. The van der Waals surface area contributed by atoms with E-state index in [1.807, 2.05) is 42.1 Å². The summed E-state index contributed by atoms with van der Waals surface area (Å²) in [5.74, 6) is 1.89. The van der Waals surface area contributed by atoms with E-state index in [4.69, 9.17) is 17.3 Å². The third kappa shape index (κ3) is 4.05. The molecule has 2 aromatic carbocycles. The molecule has 1 nitrogen and oxygen atoms in total. The van der Waals surface area contributed by atoms with Gasteiger partial charge in [0, 0.05) is 22.6 Å². The summed E-state index contributed by atoms with van der Waals surface area (Å²) in [6.45, 7) is 0. The lowest BCUT2D eigenvalue weighted by molar-refractivity contribution is 0.831. The van der Waals surface area contributed by atoms with Gasteiger partial charge in [-0.3, -0.25) is 0 Å². The van der Waals surface area contributed by atoms with Gasteiger partial charge >= 0.3 is 0 Å². The van der Waals surface area contributed by atoms with Gasteiger partial charge in [0.15, 0.2) is 0 Å². The topological polar surface area (TPSA) is 26.0 Å². The predicted molar refractivity (Wildman–Crippen MR) is 81.0 cm³/mol. The number of hydrogen-bond acceptors (Lipinski definition) is 2. The highest BCUT2D eigenvalue weighted by Crippen LogP contribution is 2.20. The van der Waals surface area contributed by atoms with Crippen molar-refractivity contribution in [2.45, 2.75) is 11.8 Å². The molecule has 0 saturated carbocycles. The Morgan fingerprint density at radius 3 is 2.33 bits per heavy atom. The molecule has 0 aliphatic carbocycles. The Kier molecular flexibility index (Phi) is 5.12.